The van der Waals surface area contributed by atoms with Crippen LogP contribution in [0, 0.1) is 0 Å². The van der Waals surface area contributed by atoms with Gasteiger partial charge in [-0.3, -0.25) is 4.98 Å². The Labute approximate surface area is 213 Å². The molecule has 4 N–H and O–H groups in total. The predicted octanol–water partition coefficient (Wildman–Crippen LogP) is 6.77. The summed E-state index contributed by atoms with van der Waals surface area (Å²) in [5.41, 5.74) is 11.3. The van der Waals surface area contributed by atoms with Crippen LogP contribution in [0.4, 0.5) is 11.4 Å². The van der Waals surface area contributed by atoms with Crippen molar-refractivity contribution in [2.45, 2.75) is 24.8 Å². The first-order chi connectivity index (χ1) is 15.9. The summed E-state index contributed by atoms with van der Waals surface area (Å²) in [5, 5.41) is 14.7. The highest BCUT2D eigenvalue weighted by atomic mass is 35.5. The zero-order valence-electron chi connectivity index (χ0n) is 18.0. The molecule has 0 radical (unpaired) electrons. The van der Waals surface area contributed by atoms with Gasteiger partial charge in [0, 0.05) is 29.4 Å². The molecule has 1 saturated carbocycles. The summed E-state index contributed by atoms with van der Waals surface area (Å²) < 4.78 is 0. The van der Waals surface area contributed by atoms with E-state index in [2.05, 4.69) is 10.3 Å². The maximum Gasteiger partial charge on any atom is 0.152 e. The summed E-state index contributed by atoms with van der Waals surface area (Å²) in [7, 11) is 0. The van der Waals surface area contributed by atoms with E-state index in [4.69, 9.17) is 28.9 Å². The number of carbonyl (C=O) groups excluding carboxylic acids is 1. The molecular formula is C26H22Cl3N3O2. The summed E-state index contributed by atoms with van der Waals surface area (Å²) in [6.45, 7) is 0.471. The van der Waals surface area contributed by atoms with Gasteiger partial charge in [-0.1, -0.05) is 41.4 Å². The second-order valence-corrected chi connectivity index (χ2v) is 9.18. The van der Waals surface area contributed by atoms with Gasteiger partial charge in [-0.25, -0.2) is 0 Å². The van der Waals surface area contributed by atoms with Crippen molar-refractivity contribution < 1.29 is 9.90 Å². The number of fused-ring (bicyclic) bond motifs is 1. The molecule has 1 heterocycles. The summed E-state index contributed by atoms with van der Waals surface area (Å²) in [6.07, 6.45) is 4.43. The number of aldehydes is 1. The Morgan fingerprint density at radius 3 is 2.29 bits per heavy atom. The molecule has 1 aliphatic carbocycles. The molecule has 0 aliphatic heterocycles. The van der Waals surface area contributed by atoms with E-state index >= 15 is 0 Å². The molecule has 4 aromatic rings. The smallest absolute Gasteiger partial charge is 0.152 e. The molecule has 8 heteroatoms. The number of anilines is 2. The number of benzene rings is 3. The Bertz CT molecular complexity index is 1360. The Morgan fingerprint density at radius 1 is 1.03 bits per heavy atom. The average Bonchev–Trinajstić information content (AvgIpc) is 3.64. The van der Waals surface area contributed by atoms with E-state index in [9.17, 15) is 9.90 Å². The molecule has 0 spiro atoms. The Balaban J connectivity index is 0.00000274. The first-order valence-corrected chi connectivity index (χ1v) is 11.3. The lowest BCUT2D eigenvalue weighted by Gasteiger charge is -2.19. The molecule has 1 fully saturated rings. The van der Waals surface area contributed by atoms with Gasteiger partial charge < -0.3 is 21.0 Å². The number of aromatic hydroxyl groups is 1. The van der Waals surface area contributed by atoms with Crippen LogP contribution in [-0.4, -0.2) is 16.4 Å². The minimum atomic E-state index is -0.512. The molecule has 3 aromatic carbocycles. The molecule has 174 valence electrons. The van der Waals surface area contributed by atoms with Gasteiger partial charge in [0.2, 0.25) is 0 Å². The monoisotopic (exact) mass is 513 g/mol. The fourth-order valence-corrected chi connectivity index (χ4v) is 4.56. The first kappa shape index (κ1) is 24.3. The number of phenols is 1. The molecule has 1 aliphatic rings. The lowest BCUT2D eigenvalue weighted by atomic mass is 9.93. The molecule has 5 rings (SSSR count). The van der Waals surface area contributed by atoms with Crippen LogP contribution >= 0.6 is 35.6 Å². The molecule has 0 unspecified atom stereocenters. The summed E-state index contributed by atoms with van der Waals surface area (Å²) in [4.78, 5) is 16.6. The summed E-state index contributed by atoms with van der Waals surface area (Å²) in [6, 6.07) is 17.1. The maximum absolute atomic E-state index is 12.0. The van der Waals surface area contributed by atoms with Crippen molar-refractivity contribution in [2.75, 3.05) is 5.32 Å². The fourth-order valence-electron chi connectivity index (χ4n) is 4.07. The normalized spacial score (nSPS) is 13.9. The molecule has 0 amide bonds. The second kappa shape index (κ2) is 9.43. The van der Waals surface area contributed by atoms with Gasteiger partial charge in [-0.2, -0.15) is 0 Å². The molecule has 1 aromatic heterocycles. The fraction of sp³-hybridized carbons (Fsp3) is 0.154. The van der Waals surface area contributed by atoms with Crippen LogP contribution in [0.25, 0.3) is 22.0 Å². The van der Waals surface area contributed by atoms with Gasteiger partial charge in [-0.15, -0.1) is 12.4 Å². The number of nitrogens with two attached hydrogens (primary N) is 1. The zero-order valence-corrected chi connectivity index (χ0v) is 20.3. The lowest BCUT2D eigenvalue weighted by Crippen LogP contribution is -2.12. The SMILES string of the molecule is Cl.NCc1ccc(Nc2c(C3(C=O)CC3)cnc3ccc(-c4cc(Cl)c(O)c(Cl)c4)cc23)cc1. The molecule has 0 saturated heterocycles. The van der Waals surface area contributed by atoms with E-state index in [1.807, 2.05) is 42.5 Å². The third kappa shape index (κ3) is 4.32. The number of nitrogens with one attached hydrogen (secondary N) is 1. The van der Waals surface area contributed by atoms with Crippen LogP contribution in [0.15, 0.2) is 60.8 Å². The minimum absolute atomic E-state index is 0. The van der Waals surface area contributed by atoms with Crippen molar-refractivity contribution in [3.63, 3.8) is 0 Å². The number of rotatable bonds is 6. The van der Waals surface area contributed by atoms with E-state index in [1.165, 1.54) is 0 Å². The number of nitrogens with zero attached hydrogens (tertiary/aromatic N) is 1. The van der Waals surface area contributed by atoms with Crippen molar-refractivity contribution in [1.29, 1.82) is 0 Å². The van der Waals surface area contributed by atoms with Crippen molar-refractivity contribution >= 4 is 64.2 Å². The quantitative estimate of drug-likeness (QED) is 0.247. The van der Waals surface area contributed by atoms with Crippen molar-refractivity contribution in [3.05, 3.63) is 82.0 Å². The highest BCUT2D eigenvalue weighted by molar-refractivity contribution is 6.37. The van der Waals surface area contributed by atoms with Gasteiger partial charge in [0.25, 0.3) is 0 Å². The van der Waals surface area contributed by atoms with Crippen molar-refractivity contribution in [2.24, 2.45) is 5.73 Å². The predicted molar refractivity (Wildman–Crippen MR) is 141 cm³/mol. The zero-order chi connectivity index (χ0) is 23.2. The highest BCUT2D eigenvalue weighted by Crippen LogP contribution is 2.51. The topological polar surface area (TPSA) is 88.2 Å². The van der Waals surface area contributed by atoms with Crippen LogP contribution < -0.4 is 11.1 Å². The van der Waals surface area contributed by atoms with E-state index in [0.29, 0.717) is 6.54 Å². The highest BCUT2D eigenvalue weighted by Gasteiger charge is 2.46. The summed E-state index contributed by atoms with van der Waals surface area (Å²) in [5.74, 6) is -0.142. The Morgan fingerprint density at radius 2 is 1.71 bits per heavy atom. The molecule has 0 bridgehead atoms. The molecule has 5 nitrogen and oxygen atoms in total. The van der Waals surface area contributed by atoms with Crippen LogP contribution in [0.3, 0.4) is 0 Å². The third-order valence-electron chi connectivity index (χ3n) is 6.23. The Kier molecular flexibility index (Phi) is 6.74. The number of phenolic OH excluding ortho intramolecular Hbond substituents is 1. The maximum atomic E-state index is 12.0. The third-order valence-corrected chi connectivity index (χ3v) is 6.80. The molecule has 34 heavy (non-hydrogen) atoms. The van der Waals surface area contributed by atoms with Crippen LogP contribution in [0.5, 0.6) is 5.75 Å². The van der Waals surface area contributed by atoms with Crippen LogP contribution in [0.2, 0.25) is 10.0 Å². The minimum Gasteiger partial charge on any atom is -0.505 e. The average molecular weight is 515 g/mol. The van der Waals surface area contributed by atoms with E-state index in [0.717, 1.165) is 63.7 Å². The molecule has 0 atom stereocenters. The largest absolute Gasteiger partial charge is 0.505 e. The van der Waals surface area contributed by atoms with E-state index < -0.39 is 5.41 Å². The van der Waals surface area contributed by atoms with Gasteiger partial charge in [0.1, 0.15) is 6.29 Å². The van der Waals surface area contributed by atoms with Crippen LogP contribution in [-0.2, 0) is 16.8 Å². The van der Waals surface area contributed by atoms with Gasteiger partial charge in [0.05, 0.1) is 26.7 Å². The number of aromatic nitrogens is 1. The standard InChI is InChI=1S/C26H21Cl2N3O2.ClH/c27-21-10-17(11-22(28)25(21)33)16-3-6-23-19(9-16)24(20(13-30-23)26(14-32)7-8-26)31-18-4-1-15(12-29)2-5-18;/h1-6,9-11,13-14,33H,7-8,12,29H2,(H,30,31);1H. The first-order valence-electron chi connectivity index (χ1n) is 10.6. The number of hydrogen-bond donors (Lipinski definition) is 3. The summed E-state index contributed by atoms with van der Waals surface area (Å²) >= 11 is 12.3. The van der Waals surface area contributed by atoms with E-state index in [1.54, 1.807) is 18.3 Å². The van der Waals surface area contributed by atoms with Crippen molar-refractivity contribution in [3.8, 4) is 16.9 Å². The van der Waals surface area contributed by atoms with Crippen molar-refractivity contribution in [1.82, 2.24) is 4.98 Å². The number of carbonyl (C=O) groups is 1. The molecular weight excluding hydrogens is 493 g/mol. The van der Waals surface area contributed by atoms with Crippen LogP contribution in [0.1, 0.15) is 24.0 Å². The van der Waals surface area contributed by atoms with E-state index in [-0.39, 0.29) is 28.2 Å². The van der Waals surface area contributed by atoms with Gasteiger partial charge in [-0.05, 0) is 65.9 Å². The number of hydrogen-bond acceptors (Lipinski definition) is 5. The second-order valence-electron chi connectivity index (χ2n) is 8.37. The van der Waals surface area contributed by atoms with Gasteiger partial charge in [0.15, 0.2) is 5.75 Å². The number of halogens is 3. The lowest BCUT2D eigenvalue weighted by molar-refractivity contribution is -0.109. The number of pyridine rings is 1. The Hall–Kier alpha value is -2.83. The van der Waals surface area contributed by atoms with Gasteiger partial charge >= 0.3 is 0 Å².